The molecule has 1 saturated heterocycles. The van der Waals surface area contributed by atoms with Crippen molar-refractivity contribution in [2.75, 3.05) is 31.2 Å². The summed E-state index contributed by atoms with van der Waals surface area (Å²) in [5.74, 6) is 0. The van der Waals surface area contributed by atoms with Crippen molar-refractivity contribution in [3.8, 4) is 11.3 Å². The molecule has 2 aromatic carbocycles. The van der Waals surface area contributed by atoms with E-state index in [-0.39, 0.29) is 0 Å². The number of hydrogen-bond acceptors (Lipinski definition) is 3. The number of hydrogen-bond donors (Lipinski definition) is 0. The van der Waals surface area contributed by atoms with Gasteiger partial charge >= 0.3 is 0 Å². The van der Waals surface area contributed by atoms with Crippen LogP contribution in [0.25, 0.3) is 22.2 Å². The molecule has 1 aromatic heterocycles. The largest absolute Gasteiger partial charge is 0.378 e. The summed E-state index contributed by atoms with van der Waals surface area (Å²) in [4.78, 5) is 7.28. The van der Waals surface area contributed by atoms with Gasteiger partial charge in [-0.05, 0) is 19.1 Å². The molecule has 0 spiro atoms. The third-order valence-corrected chi connectivity index (χ3v) is 4.39. The Morgan fingerprint density at radius 3 is 2.48 bits per heavy atom. The molecule has 116 valence electrons. The van der Waals surface area contributed by atoms with Crippen molar-refractivity contribution in [3.63, 3.8) is 0 Å². The van der Waals surface area contributed by atoms with Crippen molar-refractivity contribution < 1.29 is 4.74 Å². The number of pyridine rings is 1. The van der Waals surface area contributed by atoms with E-state index in [2.05, 4.69) is 66.4 Å². The molecule has 1 aliphatic heterocycles. The topological polar surface area (TPSA) is 25.4 Å². The second kappa shape index (κ2) is 6.01. The van der Waals surface area contributed by atoms with E-state index in [0.717, 1.165) is 43.1 Å². The molecule has 0 saturated carbocycles. The highest BCUT2D eigenvalue weighted by Crippen LogP contribution is 2.31. The summed E-state index contributed by atoms with van der Waals surface area (Å²) in [6.07, 6.45) is 0. The number of ether oxygens (including phenoxy) is 1. The van der Waals surface area contributed by atoms with Gasteiger partial charge in [0, 0.05) is 29.7 Å². The molecule has 1 fully saturated rings. The molecule has 0 aliphatic carbocycles. The fourth-order valence-electron chi connectivity index (χ4n) is 3.10. The van der Waals surface area contributed by atoms with E-state index in [1.165, 1.54) is 16.6 Å². The summed E-state index contributed by atoms with van der Waals surface area (Å²) in [6, 6.07) is 19.2. The lowest BCUT2D eigenvalue weighted by Gasteiger charge is -2.30. The van der Waals surface area contributed by atoms with Gasteiger partial charge in [-0.1, -0.05) is 48.0 Å². The van der Waals surface area contributed by atoms with Crippen LogP contribution in [0.5, 0.6) is 0 Å². The maximum absolute atomic E-state index is 5.50. The minimum Gasteiger partial charge on any atom is -0.378 e. The average molecular weight is 304 g/mol. The molecular weight excluding hydrogens is 284 g/mol. The maximum atomic E-state index is 5.50. The van der Waals surface area contributed by atoms with Gasteiger partial charge in [-0.15, -0.1) is 0 Å². The van der Waals surface area contributed by atoms with E-state index >= 15 is 0 Å². The molecule has 1 aliphatic rings. The molecule has 23 heavy (non-hydrogen) atoms. The van der Waals surface area contributed by atoms with Gasteiger partial charge in [0.1, 0.15) is 0 Å². The Kier molecular flexibility index (Phi) is 3.72. The van der Waals surface area contributed by atoms with E-state index in [4.69, 9.17) is 9.72 Å². The normalized spacial score (nSPS) is 15.1. The second-order valence-electron chi connectivity index (χ2n) is 6.01. The lowest BCUT2D eigenvalue weighted by Crippen LogP contribution is -2.36. The number of rotatable bonds is 2. The molecule has 3 heteroatoms. The van der Waals surface area contributed by atoms with Crippen LogP contribution in [0.15, 0.2) is 54.6 Å². The molecule has 2 heterocycles. The highest BCUT2D eigenvalue weighted by molar-refractivity contribution is 5.94. The van der Waals surface area contributed by atoms with Crippen molar-refractivity contribution in [2.45, 2.75) is 6.92 Å². The SMILES string of the molecule is Cc1ccc(-c2cc(N3CCOCC3)c3ccccc3n2)cc1. The Balaban J connectivity index is 1.87. The first kappa shape index (κ1) is 14.2. The number of aromatic nitrogens is 1. The predicted octanol–water partition coefficient (Wildman–Crippen LogP) is 4.05. The Labute approximate surface area is 136 Å². The lowest BCUT2D eigenvalue weighted by molar-refractivity contribution is 0.123. The van der Waals surface area contributed by atoms with Crippen LogP contribution in [0.3, 0.4) is 0 Å². The predicted molar refractivity (Wildman–Crippen MR) is 94.9 cm³/mol. The highest BCUT2D eigenvalue weighted by atomic mass is 16.5. The minimum atomic E-state index is 0.788. The summed E-state index contributed by atoms with van der Waals surface area (Å²) >= 11 is 0. The van der Waals surface area contributed by atoms with Crippen LogP contribution < -0.4 is 4.90 Å². The molecule has 0 atom stereocenters. The smallest absolute Gasteiger partial charge is 0.0730 e. The summed E-state index contributed by atoms with van der Waals surface area (Å²) in [6.45, 7) is 5.55. The number of nitrogens with zero attached hydrogens (tertiary/aromatic N) is 2. The summed E-state index contributed by atoms with van der Waals surface area (Å²) in [5, 5.41) is 1.21. The van der Waals surface area contributed by atoms with Gasteiger partial charge in [0.2, 0.25) is 0 Å². The number of aryl methyl sites for hydroxylation is 1. The Hall–Kier alpha value is -2.39. The van der Waals surface area contributed by atoms with Gasteiger partial charge in [0.25, 0.3) is 0 Å². The van der Waals surface area contributed by atoms with Crippen molar-refractivity contribution >= 4 is 16.6 Å². The minimum absolute atomic E-state index is 0.788. The van der Waals surface area contributed by atoms with Gasteiger partial charge in [-0.2, -0.15) is 0 Å². The molecule has 3 aromatic rings. The standard InChI is InChI=1S/C20H20N2O/c1-15-6-8-16(9-7-15)19-14-20(22-10-12-23-13-11-22)17-4-2-3-5-18(17)21-19/h2-9,14H,10-13H2,1H3. The molecule has 3 nitrogen and oxygen atoms in total. The van der Waals surface area contributed by atoms with Crippen molar-refractivity contribution in [2.24, 2.45) is 0 Å². The van der Waals surface area contributed by atoms with Crippen LogP contribution in [0, 0.1) is 6.92 Å². The fourth-order valence-corrected chi connectivity index (χ4v) is 3.10. The molecule has 0 N–H and O–H groups in total. The molecular formula is C20H20N2O. The van der Waals surface area contributed by atoms with Gasteiger partial charge in [-0.3, -0.25) is 0 Å². The first-order chi connectivity index (χ1) is 11.3. The van der Waals surface area contributed by atoms with Crippen LogP contribution in [0.4, 0.5) is 5.69 Å². The second-order valence-corrected chi connectivity index (χ2v) is 6.01. The third-order valence-electron chi connectivity index (χ3n) is 4.39. The summed E-state index contributed by atoms with van der Waals surface area (Å²) in [5.41, 5.74) is 5.77. The first-order valence-corrected chi connectivity index (χ1v) is 8.11. The quantitative estimate of drug-likeness (QED) is 0.714. The maximum Gasteiger partial charge on any atom is 0.0730 e. The number of para-hydroxylation sites is 1. The monoisotopic (exact) mass is 304 g/mol. The fraction of sp³-hybridized carbons (Fsp3) is 0.250. The molecule has 4 rings (SSSR count). The molecule has 0 bridgehead atoms. The van der Waals surface area contributed by atoms with Crippen LogP contribution >= 0.6 is 0 Å². The van der Waals surface area contributed by atoms with E-state index < -0.39 is 0 Å². The van der Waals surface area contributed by atoms with Crippen LogP contribution in [0.1, 0.15) is 5.56 Å². The number of anilines is 1. The van der Waals surface area contributed by atoms with Crippen molar-refractivity contribution in [1.29, 1.82) is 0 Å². The van der Waals surface area contributed by atoms with Crippen LogP contribution in [-0.4, -0.2) is 31.3 Å². The molecule has 0 radical (unpaired) electrons. The number of benzene rings is 2. The van der Waals surface area contributed by atoms with E-state index in [9.17, 15) is 0 Å². The van der Waals surface area contributed by atoms with Gasteiger partial charge in [-0.25, -0.2) is 4.98 Å². The Bertz CT molecular complexity index is 821. The van der Waals surface area contributed by atoms with E-state index in [0.29, 0.717) is 0 Å². The van der Waals surface area contributed by atoms with Crippen LogP contribution in [-0.2, 0) is 4.74 Å². The molecule has 0 unspecified atom stereocenters. The zero-order valence-corrected chi connectivity index (χ0v) is 13.3. The van der Waals surface area contributed by atoms with Crippen molar-refractivity contribution in [1.82, 2.24) is 4.98 Å². The van der Waals surface area contributed by atoms with Gasteiger partial charge in [0.15, 0.2) is 0 Å². The van der Waals surface area contributed by atoms with Gasteiger partial charge < -0.3 is 9.64 Å². The van der Waals surface area contributed by atoms with Gasteiger partial charge in [0.05, 0.1) is 24.4 Å². The summed E-state index contributed by atoms with van der Waals surface area (Å²) < 4.78 is 5.50. The molecule has 0 amide bonds. The van der Waals surface area contributed by atoms with E-state index in [1.54, 1.807) is 0 Å². The highest BCUT2D eigenvalue weighted by Gasteiger charge is 2.16. The first-order valence-electron chi connectivity index (χ1n) is 8.11. The Morgan fingerprint density at radius 1 is 0.957 bits per heavy atom. The zero-order chi connectivity index (χ0) is 15.6. The Morgan fingerprint density at radius 2 is 1.70 bits per heavy atom. The van der Waals surface area contributed by atoms with E-state index in [1.807, 2.05) is 0 Å². The van der Waals surface area contributed by atoms with Crippen molar-refractivity contribution in [3.05, 3.63) is 60.2 Å². The summed E-state index contributed by atoms with van der Waals surface area (Å²) in [7, 11) is 0. The lowest BCUT2D eigenvalue weighted by atomic mass is 10.1. The third kappa shape index (κ3) is 2.80. The zero-order valence-electron chi connectivity index (χ0n) is 13.3. The number of fused-ring (bicyclic) bond motifs is 1. The number of morpholine rings is 1. The average Bonchev–Trinajstić information content (AvgIpc) is 2.62. The van der Waals surface area contributed by atoms with Crippen LogP contribution in [0.2, 0.25) is 0 Å².